The zero-order valence-corrected chi connectivity index (χ0v) is 9.39. The zero-order chi connectivity index (χ0) is 10.9. The highest BCUT2D eigenvalue weighted by molar-refractivity contribution is 5.81. The van der Waals surface area contributed by atoms with Gasteiger partial charge in [0.05, 0.1) is 6.61 Å². The molecular weight excluding hydrogens is 204 g/mol. The van der Waals surface area contributed by atoms with Crippen molar-refractivity contribution in [3.8, 4) is 0 Å². The van der Waals surface area contributed by atoms with Crippen molar-refractivity contribution in [1.29, 1.82) is 0 Å². The number of hydrogen-bond donors (Lipinski definition) is 1. The summed E-state index contributed by atoms with van der Waals surface area (Å²) in [6.07, 6.45) is 6.53. The van der Waals surface area contributed by atoms with Gasteiger partial charge in [0.15, 0.2) is 5.60 Å². The molecule has 1 N–H and O–H groups in total. The Balaban J connectivity index is 1.63. The molecule has 0 radical (unpaired) electrons. The zero-order valence-electron chi connectivity index (χ0n) is 9.39. The molecule has 1 heterocycles. The Morgan fingerprint density at radius 1 is 1.19 bits per heavy atom. The predicted molar refractivity (Wildman–Crippen MR) is 56.9 cm³/mol. The molecule has 0 aromatic heterocycles. The number of aliphatic carboxylic acids is 1. The molecule has 6 atom stereocenters. The first-order chi connectivity index (χ1) is 7.72. The van der Waals surface area contributed by atoms with E-state index in [0.29, 0.717) is 18.4 Å². The monoisotopic (exact) mass is 222 g/mol. The maximum Gasteiger partial charge on any atom is 0.338 e. The van der Waals surface area contributed by atoms with Gasteiger partial charge in [0, 0.05) is 5.92 Å². The molecule has 4 fully saturated rings. The Morgan fingerprint density at radius 2 is 1.94 bits per heavy atom. The number of carboxylic acid groups (broad SMARTS) is 1. The highest BCUT2D eigenvalue weighted by Crippen LogP contribution is 2.65. The lowest BCUT2D eigenvalue weighted by atomic mass is 9.71. The molecule has 3 aliphatic carbocycles. The number of carbonyl (C=O) groups is 1. The van der Waals surface area contributed by atoms with Crippen molar-refractivity contribution in [2.75, 3.05) is 6.61 Å². The molecule has 6 unspecified atom stereocenters. The van der Waals surface area contributed by atoms with Crippen molar-refractivity contribution < 1.29 is 14.6 Å². The maximum atomic E-state index is 11.3. The smallest absolute Gasteiger partial charge is 0.338 e. The Hall–Kier alpha value is -0.570. The number of hydrogen-bond acceptors (Lipinski definition) is 2. The molecular formula is C13H18O3. The average molecular weight is 222 g/mol. The molecule has 16 heavy (non-hydrogen) atoms. The molecule has 0 aromatic carbocycles. The van der Waals surface area contributed by atoms with Crippen LogP contribution in [0.25, 0.3) is 0 Å². The Morgan fingerprint density at radius 3 is 2.62 bits per heavy atom. The Kier molecular flexibility index (Phi) is 1.66. The first kappa shape index (κ1) is 9.46. The van der Waals surface area contributed by atoms with Crippen LogP contribution in [0.2, 0.25) is 0 Å². The topological polar surface area (TPSA) is 49.8 Å². The largest absolute Gasteiger partial charge is 0.479 e. The summed E-state index contributed by atoms with van der Waals surface area (Å²) in [5.74, 6) is 2.88. The minimum Gasteiger partial charge on any atom is -0.479 e. The normalized spacial score (nSPS) is 57.6. The van der Waals surface area contributed by atoms with Crippen molar-refractivity contribution in [2.24, 2.45) is 29.6 Å². The quantitative estimate of drug-likeness (QED) is 0.726. The van der Waals surface area contributed by atoms with Crippen LogP contribution < -0.4 is 0 Å². The van der Waals surface area contributed by atoms with Crippen LogP contribution in [0.3, 0.4) is 0 Å². The number of fused-ring (bicyclic) bond motifs is 5. The van der Waals surface area contributed by atoms with E-state index in [1.165, 1.54) is 25.7 Å². The third kappa shape index (κ3) is 0.963. The molecule has 2 bridgehead atoms. The van der Waals surface area contributed by atoms with Crippen LogP contribution in [0.15, 0.2) is 0 Å². The fraction of sp³-hybridized carbons (Fsp3) is 0.923. The van der Waals surface area contributed by atoms with Gasteiger partial charge < -0.3 is 9.84 Å². The molecule has 0 amide bonds. The van der Waals surface area contributed by atoms with Crippen molar-refractivity contribution in [3.05, 3.63) is 0 Å². The summed E-state index contributed by atoms with van der Waals surface area (Å²) in [5.41, 5.74) is -0.757. The summed E-state index contributed by atoms with van der Waals surface area (Å²) in [5, 5.41) is 9.31. The van der Waals surface area contributed by atoms with Crippen LogP contribution in [0, 0.1) is 29.6 Å². The third-order valence-corrected chi connectivity index (χ3v) is 5.85. The third-order valence-electron chi connectivity index (χ3n) is 5.85. The second kappa shape index (κ2) is 2.81. The fourth-order valence-corrected chi connectivity index (χ4v) is 5.18. The number of epoxide rings is 1. The minimum atomic E-state index is -0.757. The van der Waals surface area contributed by atoms with Gasteiger partial charge in [-0.1, -0.05) is 6.42 Å². The lowest BCUT2D eigenvalue weighted by Gasteiger charge is -2.33. The van der Waals surface area contributed by atoms with Gasteiger partial charge in [-0.2, -0.15) is 0 Å². The van der Waals surface area contributed by atoms with Gasteiger partial charge in [-0.25, -0.2) is 4.79 Å². The van der Waals surface area contributed by atoms with E-state index in [2.05, 4.69) is 0 Å². The summed E-state index contributed by atoms with van der Waals surface area (Å²) >= 11 is 0. The maximum absolute atomic E-state index is 11.3. The predicted octanol–water partition coefficient (Wildman–Crippen LogP) is 1.91. The molecule has 0 aromatic rings. The van der Waals surface area contributed by atoms with Gasteiger partial charge in [-0.05, 0) is 49.4 Å². The van der Waals surface area contributed by atoms with E-state index in [0.717, 1.165) is 24.2 Å². The lowest BCUT2D eigenvalue weighted by Crippen LogP contribution is -2.40. The molecule has 4 aliphatic rings. The highest BCUT2D eigenvalue weighted by atomic mass is 16.6. The highest BCUT2D eigenvalue weighted by Gasteiger charge is 2.67. The van der Waals surface area contributed by atoms with E-state index in [1.54, 1.807) is 0 Å². The fourth-order valence-electron chi connectivity index (χ4n) is 5.18. The van der Waals surface area contributed by atoms with E-state index in [4.69, 9.17) is 4.74 Å². The molecule has 3 nitrogen and oxygen atoms in total. The number of ether oxygens (including phenoxy) is 1. The summed E-state index contributed by atoms with van der Waals surface area (Å²) in [6, 6.07) is 0. The van der Waals surface area contributed by atoms with Crippen molar-refractivity contribution in [2.45, 2.75) is 37.7 Å². The van der Waals surface area contributed by atoms with Crippen LogP contribution >= 0.6 is 0 Å². The van der Waals surface area contributed by atoms with Gasteiger partial charge in [0.1, 0.15) is 0 Å². The second-order valence-electron chi connectivity index (χ2n) is 6.24. The van der Waals surface area contributed by atoms with Crippen molar-refractivity contribution in [3.63, 3.8) is 0 Å². The molecule has 4 rings (SSSR count). The van der Waals surface area contributed by atoms with Gasteiger partial charge >= 0.3 is 5.97 Å². The molecule has 1 aliphatic heterocycles. The minimum absolute atomic E-state index is 0.328. The summed E-state index contributed by atoms with van der Waals surface area (Å²) in [6.45, 7) is 0.466. The van der Waals surface area contributed by atoms with Gasteiger partial charge in [-0.3, -0.25) is 0 Å². The van der Waals surface area contributed by atoms with Crippen LogP contribution in [-0.2, 0) is 9.53 Å². The molecule has 0 spiro atoms. The van der Waals surface area contributed by atoms with E-state index >= 15 is 0 Å². The second-order valence-corrected chi connectivity index (χ2v) is 6.24. The molecule has 3 saturated carbocycles. The van der Waals surface area contributed by atoms with Crippen LogP contribution in [-0.4, -0.2) is 23.3 Å². The first-order valence-corrected chi connectivity index (χ1v) is 6.60. The Bertz CT molecular complexity index is 347. The van der Waals surface area contributed by atoms with Gasteiger partial charge in [0.25, 0.3) is 0 Å². The molecule has 1 saturated heterocycles. The van der Waals surface area contributed by atoms with Crippen molar-refractivity contribution in [1.82, 2.24) is 0 Å². The number of carboxylic acids is 1. The molecule has 88 valence electrons. The lowest BCUT2D eigenvalue weighted by molar-refractivity contribution is -0.146. The first-order valence-electron chi connectivity index (χ1n) is 6.60. The summed E-state index contributed by atoms with van der Waals surface area (Å²) in [7, 11) is 0. The van der Waals surface area contributed by atoms with E-state index in [-0.39, 0.29) is 0 Å². The van der Waals surface area contributed by atoms with Crippen molar-refractivity contribution >= 4 is 5.97 Å². The SMILES string of the molecule is O=C(O)C1(C2CC3CC2C2CCCC32)CO1. The summed E-state index contributed by atoms with van der Waals surface area (Å²) in [4.78, 5) is 11.3. The van der Waals surface area contributed by atoms with Gasteiger partial charge in [0.2, 0.25) is 0 Å². The van der Waals surface area contributed by atoms with E-state index in [1.807, 2.05) is 0 Å². The van der Waals surface area contributed by atoms with E-state index in [9.17, 15) is 9.90 Å². The van der Waals surface area contributed by atoms with Crippen LogP contribution in [0.4, 0.5) is 0 Å². The summed E-state index contributed by atoms with van der Waals surface area (Å²) < 4.78 is 5.34. The standard InChI is InChI=1S/C13H18O3/c14-12(15)13(6-16-13)11-5-7-4-10(11)9-3-1-2-8(7)9/h7-11H,1-6H2,(H,14,15). The average Bonchev–Trinajstić information content (AvgIpc) is 2.66. The van der Waals surface area contributed by atoms with Gasteiger partial charge in [-0.15, -0.1) is 0 Å². The Labute approximate surface area is 95.2 Å². The number of rotatable bonds is 2. The molecule has 3 heteroatoms. The van der Waals surface area contributed by atoms with E-state index < -0.39 is 11.6 Å². The van der Waals surface area contributed by atoms with Crippen LogP contribution in [0.1, 0.15) is 32.1 Å². The van der Waals surface area contributed by atoms with Crippen LogP contribution in [0.5, 0.6) is 0 Å².